The molecule has 0 aliphatic carbocycles. The van der Waals surface area contributed by atoms with E-state index in [1.54, 1.807) is 6.33 Å². The summed E-state index contributed by atoms with van der Waals surface area (Å²) >= 11 is 0. The van der Waals surface area contributed by atoms with Gasteiger partial charge in [0.25, 0.3) is 0 Å². The fourth-order valence-electron chi connectivity index (χ4n) is 1.78. The molecule has 0 aliphatic heterocycles. The zero-order valence-corrected chi connectivity index (χ0v) is 11.0. The highest BCUT2D eigenvalue weighted by atomic mass is 15.3. The van der Waals surface area contributed by atoms with Gasteiger partial charge in [0.05, 0.1) is 0 Å². The van der Waals surface area contributed by atoms with Crippen LogP contribution in [0.15, 0.2) is 6.33 Å². The highest BCUT2D eigenvalue weighted by Gasteiger charge is 2.20. The molecule has 1 heterocycles. The normalized spacial score (nSPS) is 12.0. The van der Waals surface area contributed by atoms with Gasteiger partial charge in [-0.05, 0) is 25.3 Å². The SMILES string of the molecule is CCCNCC(C)(C)Cc1ncnn1CC. The monoisotopic (exact) mass is 224 g/mol. The van der Waals surface area contributed by atoms with Crippen molar-refractivity contribution in [1.29, 1.82) is 0 Å². The first-order chi connectivity index (χ1) is 7.59. The van der Waals surface area contributed by atoms with Crippen LogP contribution in [0.4, 0.5) is 0 Å². The first-order valence-corrected chi connectivity index (χ1v) is 6.16. The molecule has 92 valence electrons. The second-order valence-electron chi connectivity index (χ2n) is 5.01. The number of aryl methyl sites for hydroxylation is 1. The summed E-state index contributed by atoms with van der Waals surface area (Å²) in [4.78, 5) is 4.32. The lowest BCUT2D eigenvalue weighted by molar-refractivity contribution is 0.325. The molecular formula is C12H24N4. The lowest BCUT2D eigenvalue weighted by Gasteiger charge is -2.24. The van der Waals surface area contributed by atoms with Gasteiger partial charge in [-0.25, -0.2) is 4.98 Å². The van der Waals surface area contributed by atoms with Crippen LogP contribution < -0.4 is 5.32 Å². The Bertz CT molecular complexity index is 304. The third-order valence-electron chi connectivity index (χ3n) is 2.66. The second kappa shape index (κ2) is 5.99. The van der Waals surface area contributed by atoms with Crippen LogP contribution in [-0.2, 0) is 13.0 Å². The molecule has 1 aromatic rings. The van der Waals surface area contributed by atoms with Gasteiger partial charge in [0.2, 0.25) is 0 Å². The van der Waals surface area contributed by atoms with E-state index in [4.69, 9.17) is 0 Å². The minimum atomic E-state index is 0.231. The Labute approximate surface area is 98.5 Å². The van der Waals surface area contributed by atoms with Crippen LogP contribution >= 0.6 is 0 Å². The number of aromatic nitrogens is 3. The van der Waals surface area contributed by atoms with Gasteiger partial charge in [-0.2, -0.15) is 5.10 Å². The van der Waals surface area contributed by atoms with Gasteiger partial charge in [0.15, 0.2) is 0 Å². The molecule has 0 fully saturated rings. The molecule has 0 atom stereocenters. The summed E-state index contributed by atoms with van der Waals surface area (Å²) < 4.78 is 1.97. The van der Waals surface area contributed by atoms with Gasteiger partial charge in [-0.15, -0.1) is 0 Å². The van der Waals surface area contributed by atoms with E-state index < -0.39 is 0 Å². The Balaban J connectivity index is 2.51. The van der Waals surface area contributed by atoms with Crippen molar-refractivity contribution in [2.45, 2.75) is 47.1 Å². The number of nitrogens with zero attached hydrogens (tertiary/aromatic N) is 3. The number of hydrogen-bond donors (Lipinski definition) is 1. The molecule has 0 unspecified atom stereocenters. The molecule has 0 amide bonds. The quantitative estimate of drug-likeness (QED) is 0.719. The first kappa shape index (κ1) is 13.2. The van der Waals surface area contributed by atoms with E-state index in [-0.39, 0.29) is 5.41 Å². The summed E-state index contributed by atoms with van der Waals surface area (Å²) in [5.74, 6) is 1.09. The Hall–Kier alpha value is -0.900. The molecule has 1 aromatic heterocycles. The van der Waals surface area contributed by atoms with Gasteiger partial charge in [0, 0.05) is 19.5 Å². The molecule has 0 aromatic carbocycles. The molecule has 4 nitrogen and oxygen atoms in total. The summed E-state index contributed by atoms with van der Waals surface area (Å²) in [6, 6.07) is 0. The van der Waals surface area contributed by atoms with Crippen molar-refractivity contribution in [2.24, 2.45) is 5.41 Å². The Morgan fingerprint density at radius 1 is 1.38 bits per heavy atom. The van der Waals surface area contributed by atoms with Crippen LogP contribution in [-0.4, -0.2) is 27.9 Å². The Morgan fingerprint density at radius 2 is 2.12 bits per heavy atom. The van der Waals surface area contributed by atoms with Crippen molar-refractivity contribution < 1.29 is 0 Å². The van der Waals surface area contributed by atoms with E-state index in [0.717, 1.165) is 31.9 Å². The van der Waals surface area contributed by atoms with E-state index in [1.807, 2.05) is 4.68 Å². The predicted octanol–water partition coefficient (Wildman–Crippen LogP) is 1.87. The van der Waals surface area contributed by atoms with Crippen LogP contribution in [0.3, 0.4) is 0 Å². The highest BCUT2D eigenvalue weighted by Crippen LogP contribution is 2.19. The van der Waals surface area contributed by atoms with E-state index in [2.05, 4.69) is 43.1 Å². The molecule has 1 rings (SSSR count). The molecule has 0 spiro atoms. The zero-order valence-electron chi connectivity index (χ0n) is 11.0. The fourth-order valence-corrected chi connectivity index (χ4v) is 1.78. The lowest BCUT2D eigenvalue weighted by atomic mass is 9.89. The van der Waals surface area contributed by atoms with Crippen molar-refractivity contribution >= 4 is 0 Å². The maximum Gasteiger partial charge on any atom is 0.138 e. The van der Waals surface area contributed by atoms with E-state index in [9.17, 15) is 0 Å². The Kier molecular flexibility index (Phi) is 4.93. The number of nitrogens with one attached hydrogen (secondary N) is 1. The van der Waals surface area contributed by atoms with Crippen LogP contribution in [0.25, 0.3) is 0 Å². The van der Waals surface area contributed by atoms with Crippen molar-refractivity contribution in [3.05, 3.63) is 12.2 Å². The molecule has 0 saturated carbocycles. The molecule has 0 saturated heterocycles. The predicted molar refractivity (Wildman–Crippen MR) is 66.3 cm³/mol. The molecule has 0 aliphatic rings. The minimum Gasteiger partial charge on any atom is -0.316 e. The fraction of sp³-hybridized carbons (Fsp3) is 0.833. The summed E-state index contributed by atoms with van der Waals surface area (Å²) in [7, 11) is 0. The van der Waals surface area contributed by atoms with Crippen molar-refractivity contribution in [2.75, 3.05) is 13.1 Å². The maximum atomic E-state index is 4.32. The van der Waals surface area contributed by atoms with Crippen LogP contribution in [0, 0.1) is 5.41 Å². The average Bonchev–Trinajstić information content (AvgIpc) is 2.64. The van der Waals surface area contributed by atoms with Crippen molar-refractivity contribution in [3.63, 3.8) is 0 Å². The number of rotatable bonds is 7. The van der Waals surface area contributed by atoms with Crippen LogP contribution in [0.2, 0.25) is 0 Å². The van der Waals surface area contributed by atoms with E-state index in [0.29, 0.717) is 0 Å². The van der Waals surface area contributed by atoms with Gasteiger partial charge >= 0.3 is 0 Å². The highest BCUT2D eigenvalue weighted by molar-refractivity contribution is 4.91. The first-order valence-electron chi connectivity index (χ1n) is 6.16. The molecule has 1 N–H and O–H groups in total. The lowest BCUT2D eigenvalue weighted by Crippen LogP contribution is -2.32. The molecule has 4 heteroatoms. The van der Waals surface area contributed by atoms with Gasteiger partial charge in [0.1, 0.15) is 12.2 Å². The zero-order chi connectivity index (χ0) is 12.0. The summed E-state index contributed by atoms with van der Waals surface area (Å²) in [5, 5.41) is 7.67. The summed E-state index contributed by atoms with van der Waals surface area (Å²) in [6.45, 7) is 11.8. The topological polar surface area (TPSA) is 42.7 Å². The average molecular weight is 224 g/mol. The third kappa shape index (κ3) is 3.93. The third-order valence-corrected chi connectivity index (χ3v) is 2.66. The molecule has 16 heavy (non-hydrogen) atoms. The molecule has 0 bridgehead atoms. The van der Waals surface area contributed by atoms with E-state index >= 15 is 0 Å². The summed E-state index contributed by atoms with van der Waals surface area (Å²) in [6.07, 6.45) is 3.80. The second-order valence-corrected chi connectivity index (χ2v) is 5.01. The van der Waals surface area contributed by atoms with Crippen LogP contribution in [0.5, 0.6) is 0 Å². The minimum absolute atomic E-state index is 0.231. The molecular weight excluding hydrogens is 200 g/mol. The Morgan fingerprint density at radius 3 is 2.75 bits per heavy atom. The number of hydrogen-bond acceptors (Lipinski definition) is 3. The smallest absolute Gasteiger partial charge is 0.138 e. The standard InChI is InChI=1S/C12H24N4/c1-5-7-13-9-12(3,4)8-11-14-10-15-16(11)6-2/h10,13H,5-9H2,1-4H3. The maximum absolute atomic E-state index is 4.32. The van der Waals surface area contributed by atoms with Crippen LogP contribution in [0.1, 0.15) is 39.9 Å². The van der Waals surface area contributed by atoms with Gasteiger partial charge in [-0.1, -0.05) is 20.8 Å². The van der Waals surface area contributed by atoms with Gasteiger partial charge < -0.3 is 5.32 Å². The summed E-state index contributed by atoms with van der Waals surface area (Å²) in [5.41, 5.74) is 0.231. The van der Waals surface area contributed by atoms with Crippen molar-refractivity contribution in [3.8, 4) is 0 Å². The van der Waals surface area contributed by atoms with Gasteiger partial charge in [-0.3, -0.25) is 4.68 Å². The van der Waals surface area contributed by atoms with E-state index in [1.165, 1.54) is 6.42 Å². The molecule has 0 radical (unpaired) electrons. The largest absolute Gasteiger partial charge is 0.316 e. The van der Waals surface area contributed by atoms with Crippen molar-refractivity contribution in [1.82, 2.24) is 20.1 Å².